The molecule has 2 aromatic rings. The second-order valence-corrected chi connectivity index (χ2v) is 5.43. The fourth-order valence-corrected chi connectivity index (χ4v) is 2.37. The number of rotatable bonds is 2. The lowest BCUT2D eigenvalue weighted by molar-refractivity contribution is -0.125. The minimum atomic E-state index is -0.818. The summed E-state index contributed by atoms with van der Waals surface area (Å²) in [6.45, 7) is 3.89. The molecule has 0 saturated carbocycles. The molecule has 1 aromatic heterocycles. The lowest BCUT2D eigenvalue weighted by Gasteiger charge is -2.28. The van der Waals surface area contributed by atoms with Gasteiger partial charge in [0.2, 0.25) is 0 Å². The van der Waals surface area contributed by atoms with E-state index in [2.05, 4.69) is 10.3 Å². The first kappa shape index (κ1) is 12.6. The van der Waals surface area contributed by atoms with Gasteiger partial charge in [0, 0.05) is 18.1 Å². The number of amides is 3. The van der Waals surface area contributed by atoms with Gasteiger partial charge in [0.25, 0.3) is 5.91 Å². The molecule has 1 saturated heterocycles. The fourth-order valence-electron chi connectivity index (χ4n) is 2.37. The topological polar surface area (TPSA) is 62.3 Å². The second kappa shape index (κ2) is 4.30. The van der Waals surface area contributed by atoms with Crippen molar-refractivity contribution in [3.63, 3.8) is 0 Å². The van der Waals surface area contributed by atoms with E-state index in [0.717, 1.165) is 16.5 Å². The number of nitrogens with zero attached hydrogens (tertiary/aromatic N) is 2. The molecular weight excluding hydrogens is 254 g/mol. The Labute approximate surface area is 116 Å². The number of pyridine rings is 1. The summed E-state index contributed by atoms with van der Waals surface area (Å²) in [5.74, 6) is -0.259. The van der Waals surface area contributed by atoms with Crippen LogP contribution in [0.15, 0.2) is 36.5 Å². The summed E-state index contributed by atoms with van der Waals surface area (Å²) in [6, 6.07) is 9.36. The molecule has 0 bridgehead atoms. The molecule has 0 spiro atoms. The molecule has 0 unspecified atom stereocenters. The van der Waals surface area contributed by atoms with Gasteiger partial charge in [0.05, 0.1) is 5.52 Å². The molecule has 1 aliphatic heterocycles. The van der Waals surface area contributed by atoms with E-state index in [9.17, 15) is 9.59 Å². The van der Waals surface area contributed by atoms with Crippen LogP contribution in [0.5, 0.6) is 0 Å². The fraction of sp³-hybridized carbons (Fsp3) is 0.267. The van der Waals surface area contributed by atoms with Crippen molar-refractivity contribution in [2.45, 2.75) is 25.9 Å². The first-order valence-corrected chi connectivity index (χ1v) is 6.45. The van der Waals surface area contributed by atoms with Crippen LogP contribution in [0.25, 0.3) is 10.9 Å². The molecule has 2 heterocycles. The van der Waals surface area contributed by atoms with E-state index in [1.807, 2.05) is 30.3 Å². The van der Waals surface area contributed by atoms with Crippen molar-refractivity contribution >= 4 is 22.8 Å². The quantitative estimate of drug-likeness (QED) is 0.849. The number of benzene rings is 1. The molecule has 1 N–H and O–H groups in total. The normalized spacial score (nSPS) is 17.6. The minimum Gasteiger partial charge on any atom is -0.306 e. The van der Waals surface area contributed by atoms with Gasteiger partial charge in [-0.2, -0.15) is 0 Å². The average Bonchev–Trinajstić information content (AvgIpc) is 2.61. The molecule has 1 fully saturated rings. The summed E-state index contributed by atoms with van der Waals surface area (Å²) in [7, 11) is 0. The van der Waals surface area contributed by atoms with Crippen LogP contribution < -0.4 is 5.32 Å². The summed E-state index contributed by atoms with van der Waals surface area (Å²) in [5.41, 5.74) is 1.07. The van der Waals surface area contributed by atoms with Gasteiger partial charge in [-0.05, 0) is 37.6 Å². The van der Waals surface area contributed by atoms with Gasteiger partial charge < -0.3 is 4.90 Å². The largest absolute Gasteiger partial charge is 0.325 e. The highest BCUT2D eigenvalue weighted by atomic mass is 16.2. The molecule has 3 rings (SSSR count). The minimum absolute atomic E-state index is 0.259. The van der Waals surface area contributed by atoms with E-state index >= 15 is 0 Å². The van der Waals surface area contributed by atoms with Crippen molar-refractivity contribution in [1.29, 1.82) is 0 Å². The van der Waals surface area contributed by atoms with E-state index in [1.54, 1.807) is 24.9 Å². The third kappa shape index (κ3) is 1.91. The Kier molecular flexibility index (Phi) is 2.71. The van der Waals surface area contributed by atoms with Gasteiger partial charge in [-0.1, -0.05) is 12.1 Å². The Morgan fingerprint density at radius 1 is 1.25 bits per heavy atom. The smallest absolute Gasteiger partial charge is 0.306 e. The van der Waals surface area contributed by atoms with E-state index in [1.165, 1.54) is 0 Å². The summed E-state index contributed by atoms with van der Waals surface area (Å²) in [6.07, 6.45) is 1.75. The Morgan fingerprint density at radius 3 is 2.75 bits per heavy atom. The molecule has 102 valence electrons. The van der Waals surface area contributed by atoms with E-state index in [0.29, 0.717) is 6.54 Å². The Bertz CT molecular complexity index is 709. The zero-order chi connectivity index (χ0) is 14.3. The Hall–Kier alpha value is -2.43. The number of aromatic nitrogens is 1. The van der Waals surface area contributed by atoms with Crippen LogP contribution in [0, 0.1) is 0 Å². The summed E-state index contributed by atoms with van der Waals surface area (Å²) >= 11 is 0. The van der Waals surface area contributed by atoms with Crippen LogP contribution in [0.4, 0.5) is 4.79 Å². The molecule has 0 atom stereocenters. The number of carbonyl (C=O) groups excluding carboxylic acids is 2. The zero-order valence-electron chi connectivity index (χ0n) is 11.4. The molecule has 0 radical (unpaired) electrons. The third-order valence-electron chi connectivity index (χ3n) is 3.70. The van der Waals surface area contributed by atoms with Crippen LogP contribution in [-0.4, -0.2) is 27.4 Å². The summed E-state index contributed by atoms with van der Waals surface area (Å²) in [5, 5.41) is 3.37. The molecule has 20 heavy (non-hydrogen) atoms. The maximum Gasteiger partial charge on any atom is 0.325 e. The van der Waals surface area contributed by atoms with Crippen LogP contribution in [0.2, 0.25) is 0 Å². The number of hydrogen-bond acceptors (Lipinski definition) is 3. The first-order chi connectivity index (χ1) is 9.48. The standard InChI is InChI=1S/C15H15N3O2/c1-15(2)13(19)17-14(20)18(15)9-10-5-6-12-11(8-10)4-3-7-16-12/h3-8H,9H2,1-2H3,(H,17,19,20). The average molecular weight is 269 g/mol. The maximum absolute atomic E-state index is 11.8. The number of fused-ring (bicyclic) bond motifs is 1. The number of imide groups is 1. The van der Waals surface area contributed by atoms with Crippen molar-refractivity contribution < 1.29 is 9.59 Å². The van der Waals surface area contributed by atoms with Gasteiger partial charge in [0.1, 0.15) is 5.54 Å². The van der Waals surface area contributed by atoms with Gasteiger partial charge in [0.15, 0.2) is 0 Å². The number of nitrogens with one attached hydrogen (secondary N) is 1. The SMILES string of the molecule is CC1(C)C(=O)NC(=O)N1Cc1ccc2ncccc2c1. The van der Waals surface area contributed by atoms with Crippen LogP contribution in [0.1, 0.15) is 19.4 Å². The monoisotopic (exact) mass is 269 g/mol. The van der Waals surface area contributed by atoms with Crippen molar-refractivity contribution in [3.8, 4) is 0 Å². The Morgan fingerprint density at radius 2 is 2.05 bits per heavy atom. The molecule has 0 aliphatic carbocycles. The number of urea groups is 1. The molecule has 5 nitrogen and oxygen atoms in total. The number of hydrogen-bond donors (Lipinski definition) is 1. The molecule has 3 amide bonds. The number of carbonyl (C=O) groups is 2. The molecule has 1 aromatic carbocycles. The van der Waals surface area contributed by atoms with Crippen molar-refractivity contribution in [3.05, 3.63) is 42.1 Å². The van der Waals surface area contributed by atoms with E-state index in [4.69, 9.17) is 0 Å². The maximum atomic E-state index is 11.8. The van der Waals surface area contributed by atoms with Crippen LogP contribution >= 0.6 is 0 Å². The van der Waals surface area contributed by atoms with Gasteiger partial charge >= 0.3 is 6.03 Å². The van der Waals surface area contributed by atoms with Crippen LogP contribution in [-0.2, 0) is 11.3 Å². The molecule has 5 heteroatoms. The van der Waals surface area contributed by atoms with Gasteiger partial charge in [-0.15, -0.1) is 0 Å². The van der Waals surface area contributed by atoms with E-state index < -0.39 is 5.54 Å². The zero-order valence-corrected chi connectivity index (χ0v) is 11.4. The summed E-state index contributed by atoms with van der Waals surface area (Å²) in [4.78, 5) is 29.4. The highest BCUT2D eigenvalue weighted by Crippen LogP contribution is 2.24. The molecule has 1 aliphatic rings. The Balaban J connectivity index is 1.93. The van der Waals surface area contributed by atoms with Crippen molar-refractivity contribution in [2.75, 3.05) is 0 Å². The highest BCUT2D eigenvalue weighted by Gasteiger charge is 2.45. The first-order valence-electron chi connectivity index (χ1n) is 6.45. The van der Waals surface area contributed by atoms with Crippen LogP contribution in [0.3, 0.4) is 0 Å². The van der Waals surface area contributed by atoms with E-state index in [-0.39, 0.29) is 11.9 Å². The predicted octanol–water partition coefficient (Wildman–Crippen LogP) is 2.07. The van der Waals surface area contributed by atoms with Crippen molar-refractivity contribution in [2.24, 2.45) is 0 Å². The lowest BCUT2D eigenvalue weighted by atomic mass is 10.0. The second-order valence-electron chi connectivity index (χ2n) is 5.43. The third-order valence-corrected chi connectivity index (χ3v) is 3.70. The lowest BCUT2D eigenvalue weighted by Crippen LogP contribution is -2.43. The predicted molar refractivity (Wildman–Crippen MR) is 74.9 cm³/mol. The van der Waals surface area contributed by atoms with Crippen molar-refractivity contribution in [1.82, 2.24) is 15.2 Å². The molecular formula is C15H15N3O2. The van der Waals surface area contributed by atoms with Gasteiger partial charge in [-0.3, -0.25) is 15.1 Å². The highest BCUT2D eigenvalue weighted by molar-refractivity contribution is 6.06. The summed E-state index contributed by atoms with van der Waals surface area (Å²) < 4.78 is 0. The van der Waals surface area contributed by atoms with Gasteiger partial charge in [-0.25, -0.2) is 4.79 Å².